The highest BCUT2D eigenvalue weighted by Crippen LogP contribution is 2.13. The van der Waals surface area contributed by atoms with E-state index in [4.69, 9.17) is 0 Å². The highest BCUT2D eigenvalue weighted by atomic mass is 16.5. The molecule has 0 saturated heterocycles. The smallest absolute Gasteiger partial charge is 0.309 e. The number of hydrogen-bond acceptors (Lipinski definition) is 4. The van der Waals surface area contributed by atoms with Gasteiger partial charge in [0.15, 0.2) is 0 Å². The molecule has 0 fully saturated rings. The molecule has 0 bridgehead atoms. The first-order chi connectivity index (χ1) is 9.17. The van der Waals surface area contributed by atoms with Crippen LogP contribution in [-0.2, 0) is 25.5 Å². The second-order valence-corrected chi connectivity index (χ2v) is 3.96. The second kappa shape index (κ2) is 8.08. The Balaban J connectivity index is 2.67. The van der Waals surface area contributed by atoms with E-state index in [2.05, 4.69) is 9.47 Å². The van der Waals surface area contributed by atoms with Gasteiger partial charge >= 0.3 is 11.9 Å². The van der Waals surface area contributed by atoms with Crippen molar-refractivity contribution in [2.45, 2.75) is 19.3 Å². The Morgan fingerprint density at radius 1 is 1.11 bits per heavy atom. The molecule has 1 rings (SSSR count). The van der Waals surface area contributed by atoms with Gasteiger partial charge in [-0.1, -0.05) is 36.4 Å². The average Bonchev–Trinajstić information content (AvgIpc) is 2.45. The quantitative estimate of drug-likeness (QED) is 0.738. The zero-order chi connectivity index (χ0) is 14.1. The number of esters is 2. The van der Waals surface area contributed by atoms with E-state index < -0.39 is 0 Å². The van der Waals surface area contributed by atoms with Crippen LogP contribution in [0.2, 0.25) is 0 Å². The van der Waals surface area contributed by atoms with Gasteiger partial charge in [-0.3, -0.25) is 9.59 Å². The zero-order valence-electron chi connectivity index (χ0n) is 11.2. The van der Waals surface area contributed by atoms with Crippen LogP contribution in [0.3, 0.4) is 0 Å². The maximum Gasteiger partial charge on any atom is 0.309 e. The molecule has 1 aromatic carbocycles. The zero-order valence-corrected chi connectivity index (χ0v) is 11.2. The van der Waals surface area contributed by atoms with Crippen LogP contribution < -0.4 is 0 Å². The van der Waals surface area contributed by atoms with E-state index >= 15 is 0 Å². The summed E-state index contributed by atoms with van der Waals surface area (Å²) in [7, 11) is 2.74. The van der Waals surface area contributed by atoms with Crippen molar-refractivity contribution in [1.82, 2.24) is 0 Å². The van der Waals surface area contributed by atoms with Crippen molar-refractivity contribution < 1.29 is 19.1 Å². The lowest BCUT2D eigenvalue weighted by molar-refractivity contribution is -0.141. The van der Waals surface area contributed by atoms with Crippen LogP contribution in [0.1, 0.15) is 24.0 Å². The van der Waals surface area contributed by atoms with Crippen LogP contribution in [-0.4, -0.2) is 26.2 Å². The van der Waals surface area contributed by atoms with Gasteiger partial charge in [-0.25, -0.2) is 0 Å². The first kappa shape index (κ1) is 15.0. The van der Waals surface area contributed by atoms with Gasteiger partial charge in [0.1, 0.15) is 0 Å². The lowest BCUT2D eigenvalue weighted by atomic mass is 10.0. The van der Waals surface area contributed by atoms with E-state index in [1.807, 2.05) is 30.3 Å². The molecule has 0 aliphatic carbocycles. The Hall–Kier alpha value is -2.10. The van der Waals surface area contributed by atoms with Crippen molar-refractivity contribution in [3.63, 3.8) is 0 Å². The number of methoxy groups -OCH3 is 2. The fraction of sp³-hybridized carbons (Fsp3) is 0.333. The molecule has 0 aromatic heterocycles. The summed E-state index contributed by atoms with van der Waals surface area (Å²) in [4.78, 5) is 22.1. The molecule has 0 heterocycles. The van der Waals surface area contributed by atoms with E-state index in [-0.39, 0.29) is 18.4 Å². The van der Waals surface area contributed by atoms with Crippen LogP contribution in [0.25, 0.3) is 6.08 Å². The van der Waals surface area contributed by atoms with Gasteiger partial charge in [0, 0.05) is 6.42 Å². The summed E-state index contributed by atoms with van der Waals surface area (Å²) in [6.45, 7) is 0. The van der Waals surface area contributed by atoms with Crippen molar-refractivity contribution in [3.8, 4) is 0 Å². The van der Waals surface area contributed by atoms with Gasteiger partial charge < -0.3 is 9.47 Å². The SMILES string of the molecule is COC(=O)CC=Cc1ccccc1CCC(=O)OC. The third-order valence-corrected chi connectivity index (χ3v) is 2.69. The van der Waals surface area contributed by atoms with Gasteiger partial charge in [0.25, 0.3) is 0 Å². The number of rotatable bonds is 6. The number of carbonyl (C=O) groups is 2. The minimum Gasteiger partial charge on any atom is -0.469 e. The summed E-state index contributed by atoms with van der Waals surface area (Å²) < 4.78 is 9.18. The second-order valence-electron chi connectivity index (χ2n) is 3.96. The third-order valence-electron chi connectivity index (χ3n) is 2.69. The maximum absolute atomic E-state index is 11.1. The Kier molecular flexibility index (Phi) is 6.36. The normalized spacial score (nSPS) is 10.4. The number of carbonyl (C=O) groups excluding carboxylic acids is 2. The molecule has 4 heteroatoms. The van der Waals surface area contributed by atoms with Crippen LogP contribution in [0.5, 0.6) is 0 Å². The summed E-state index contributed by atoms with van der Waals surface area (Å²) in [5, 5.41) is 0. The molecule has 0 atom stereocenters. The fourth-order valence-electron chi connectivity index (χ4n) is 1.63. The van der Waals surface area contributed by atoms with Crippen LogP contribution >= 0.6 is 0 Å². The Labute approximate surface area is 113 Å². The Morgan fingerprint density at radius 2 is 1.79 bits per heavy atom. The molecule has 1 aromatic rings. The molecule has 0 aliphatic rings. The van der Waals surface area contributed by atoms with Gasteiger partial charge in [-0.15, -0.1) is 0 Å². The highest BCUT2D eigenvalue weighted by Gasteiger charge is 2.04. The molecule has 4 nitrogen and oxygen atoms in total. The van der Waals surface area contributed by atoms with Gasteiger partial charge in [-0.05, 0) is 17.5 Å². The predicted molar refractivity (Wildman–Crippen MR) is 72.4 cm³/mol. The molecule has 0 spiro atoms. The van der Waals surface area contributed by atoms with Crippen LogP contribution in [0.15, 0.2) is 30.3 Å². The molecule has 0 radical (unpaired) electrons. The monoisotopic (exact) mass is 262 g/mol. The average molecular weight is 262 g/mol. The first-order valence-electron chi connectivity index (χ1n) is 6.05. The molecule has 19 heavy (non-hydrogen) atoms. The summed E-state index contributed by atoms with van der Waals surface area (Å²) in [5.41, 5.74) is 2.05. The van der Waals surface area contributed by atoms with Crippen molar-refractivity contribution in [2.24, 2.45) is 0 Å². The van der Waals surface area contributed by atoms with E-state index in [0.717, 1.165) is 11.1 Å². The molecule has 0 amide bonds. The van der Waals surface area contributed by atoms with Gasteiger partial charge in [-0.2, -0.15) is 0 Å². The first-order valence-corrected chi connectivity index (χ1v) is 6.05. The van der Waals surface area contributed by atoms with Crippen molar-refractivity contribution in [2.75, 3.05) is 14.2 Å². The summed E-state index contributed by atoms with van der Waals surface area (Å²) in [5.74, 6) is -0.503. The third kappa shape index (κ3) is 5.38. The lowest BCUT2D eigenvalue weighted by Crippen LogP contribution is -2.02. The Bertz CT molecular complexity index is 463. The molecule has 0 N–H and O–H groups in total. The topological polar surface area (TPSA) is 52.6 Å². The summed E-state index contributed by atoms with van der Waals surface area (Å²) in [6, 6.07) is 7.74. The number of hydrogen-bond donors (Lipinski definition) is 0. The van der Waals surface area contributed by atoms with Crippen molar-refractivity contribution >= 4 is 18.0 Å². The molecular formula is C15H18O4. The molecular weight excluding hydrogens is 244 g/mol. The van der Waals surface area contributed by atoms with Crippen molar-refractivity contribution in [3.05, 3.63) is 41.5 Å². The molecule has 0 unspecified atom stereocenters. The molecule has 0 aliphatic heterocycles. The minimum absolute atomic E-state index is 0.228. The number of benzene rings is 1. The lowest BCUT2D eigenvalue weighted by Gasteiger charge is -2.05. The Morgan fingerprint density at radius 3 is 2.47 bits per heavy atom. The molecule has 0 saturated carbocycles. The largest absolute Gasteiger partial charge is 0.469 e. The standard InChI is InChI=1S/C15H18O4/c1-18-14(16)9-5-8-12-6-3-4-7-13(12)10-11-15(17)19-2/h3-8H,9-11H2,1-2H3. The van der Waals surface area contributed by atoms with Gasteiger partial charge in [0.2, 0.25) is 0 Å². The van der Waals surface area contributed by atoms with E-state index in [1.165, 1.54) is 14.2 Å². The van der Waals surface area contributed by atoms with Crippen LogP contribution in [0, 0.1) is 0 Å². The van der Waals surface area contributed by atoms with Crippen molar-refractivity contribution in [1.29, 1.82) is 0 Å². The van der Waals surface area contributed by atoms with Gasteiger partial charge in [0.05, 0.1) is 20.6 Å². The number of ether oxygens (including phenoxy) is 2. The fourth-order valence-corrected chi connectivity index (χ4v) is 1.63. The summed E-state index contributed by atoms with van der Waals surface area (Å²) >= 11 is 0. The number of aryl methyl sites for hydroxylation is 1. The van der Waals surface area contributed by atoms with E-state index in [9.17, 15) is 9.59 Å². The van der Waals surface area contributed by atoms with E-state index in [1.54, 1.807) is 6.08 Å². The minimum atomic E-state index is -0.275. The predicted octanol–water partition coefficient (Wildman–Crippen LogP) is 2.37. The summed E-state index contributed by atoms with van der Waals surface area (Å²) in [6.07, 6.45) is 4.82. The maximum atomic E-state index is 11.1. The molecule has 102 valence electrons. The van der Waals surface area contributed by atoms with E-state index in [0.29, 0.717) is 12.8 Å². The van der Waals surface area contributed by atoms with Crippen LogP contribution in [0.4, 0.5) is 0 Å². The highest BCUT2D eigenvalue weighted by molar-refractivity contribution is 5.73.